The molecule has 0 aromatic carbocycles. The molecule has 76 valence electrons. The summed E-state index contributed by atoms with van der Waals surface area (Å²) in [5, 5.41) is 10.9. The summed E-state index contributed by atoms with van der Waals surface area (Å²) in [6.45, 7) is 1.95. The van der Waals surface area contributed by atoms with E-state index in [2.05, 4.69) is 9.97 Å². The number of hydrogen-bond acceptors (Lipinski definition) is 4. The monoisotopic (exact) mass is 220 g/mol. The van der Waals surface area contributed by atoms with Gasteiger partial charge in [-0.2, -0.15) is 0 Å². The minimum atomic E-state index is -1.01. The van der Waals surface area contributed by atoms with Crippen molar-refractivity contribution in [3.8, 4) is 10.7 Å². The molecule has 0 aliphatic rings. The SMILES string of the molecule is Cc1ccc(-c2nc(C(=O)O)cs2)nc1. The molecule has 0 atom stereocenters. The van der Waals surface area contributed by atoms with E-state index >= 15 is 0 Å². The van der Waals surface area contributed by atoms with Crippen molar-refractivity contribution in [3.63, 3.8) is 0 Å². The van der Waals surface area contributed by atoms with Gasteiger partial charge in [-0.05, 0) is 18.6 Å². The second-order valence-electron chi connectivity index (χ2n) is 3.06. The zero-order valence-corrected chi connectivity index (χ0v) is 8.78. The van der Waals surface area contributed by atoms with Gasteiger partial charge in [0.15, 0.2) is 5.69 Å². The van der Waals surface area contributed by atoms with E-state index in [-0.39, 0.29) is 5.69 Å². The summed E-state index contributed by atoms with van der Waals surface area (Å²) in [4.78, 5) is 18.8. The molecular formula is C10H8N2O2S. The molecule has 0 radical (unpaired) electrons. The summed E-state index contributed by atoms with van der Waals surface area (Å²) in [6, 6.07) is 3.75. The number of aryl methyl sites for hydroxylation is 1. The van der Waals surface area contributed by atoms with Gasteiger partial charge in [0.25, 0.3) is 0 Å². The zero-order chi connectivity index (χ0) is 10.8. The van der Waals surface area contributed by atoms with E-state index < -0.39 is 5.97 Å². The van der Waals surface area contributed by atoms with Crippen LogP contribution in [0, 0.1) is 6.92 Å². The highest BCUT2D eigenvalue weighted by Gasteiger charge is 2.10. The van der Waals surface area contributed by atoms with Gasteiger partial charge in [0.2, 0.25) is 0 Å². The first-order valence-corrected chi connectivity index (χ1v) is 5.16. The van der Waals surface area contributed by atoms with Crippen LogP contribution in [0.3, 0.4) is 0 Å². The minimum absolute atomic E-state index is 0.0670. The number of aromatic nitrogens is 2. The van der Waals surface area contributed by atoms with Gasteiger partial charge in [0.05, 0.1) is 5.69 Å². The Hall–Kier alpha value is -1.75. The van der Waals surface area contributed by atoms with Crippen LogP contribution in [-0.4, -0.2) is 21.0 Å². The van der Waals surface area contributed by atoms with Crippen molar-refractivity contribution in [2.75, 3.05) is 0 Å². The lowest BCUT2D eigenvalue weighted by Crippen LogP contribution is -1.95. The Morgan fingerprint density at radius 3 is 2.80 bits per heavy atom. The molecule has 2 aromatic heterocycles. The lowest BCUT2D eigenvalue weighted by atomic mass is 10.3. The minimum Gasteiger partial charge on any atom is -0.476 e. The van der Waals surface area contributed by atoms with Crippen LogP contribution in [0.4, 0.5) is 0 Å². The van der Waals surface area contributed by atoms with Gasteiger partial charge in [0, 0.05) is 11.6 Å². The van der Waals surface area contributed by atoms with Gasteiger partial charge in [-0.25, -0.2) is 9.78 Å². The lowest BCUT2D eigenvalue weighted by molar-refractivity contribution is 0.0691. The number of carboxylic acid groups (broad SMARTS) is 1. The summed E-state index contributed by atoms with van der Waals surface area (Å²) >= 11 is 1.28. The average Bonchev–Trinajstić information content (AvgIpc) is 2.68. The van der Waals surface area contributed by atoms with Crippen LogP contribution >= 0.6 is 11.3 Å². The molecule has 4 nitrogen and oxygen atoms in total. The van der Waals surface area contributed by atoms with E-state index in [0.29, 0.717) is 10.7 Å². The van der Waals surface area contributed by atoms with Gasteiger partial charge in [-0.15, -0.1) is 11.3 Å². The standard InChI is InChI=1S/C10H8N2O2S/c1-6-2-3-7(11-4-6)9-12-8(5-15-9)10(13)14/h2-5H,1H3,(H,13,14). The Labute approximate surface area is 90.3 Å². The number of nitrogens with zero attached hydrogens (tertiary/aromatic N) is 2. The van der Waals surface area contributed by atoms with Gasteiger partial charge in [-0.1, -0.05) is 6.07 Å². The fourth-order valence-electron chi connectivity index (χ4n) is 1.08. The molecule has 5 heteroatoms. The van der Waals surface area contributed by atoms with Crippen molar-refractivity contribution in [1.82, 2.24) is 9.97 Å². The Morgan fingerprint density at radius 1 is 1.47 bits per heavy atom. The third-order valence-electron chi connectivity index (χ3n) is 1.85. The summed E-state index contributed by atoms with van der Waals surface area (Å²) in [5.41, 5.74) is 1.84. The molecule has 0 aliphatic carbocycles. The highest BCUT2D eigenvalue weighted by Crippen LogP contribution is 2.21. The highest BCUT2D eigenvalue weighted by atomic mass is 32.1. The Bertz CT molecular complexity index is 490. The van der Waals surface area contributed by atoms with E-state index in [4.69, 9.17) is 5.11 Å². The van der Waals surface area contributed by atoms with Crippen LogP contribution in [0.1, 0.15) is 16.1 Å². The number of rotatable bonds is 2. The Kier molecular flexibility index (Phi) is 2.47. The maximum atomic E-state index is 10.6. The fraction of sp³-hybridized carbons (Fsp3) is 0.100. The van der Waals surface area contributed by atoms with Gasteiger partial charge < -0.3 is 5.11 Å². The second kappa shape index (κ2) is 3.78. The van der Waals surface area contributed by atoms with Crippen LogP contribution in [0.25, 0.3) is 10.7 Å². The normalized spacial score (nSPS) is 10.2. The molecular weight excluding hydrogens is 212 g/mol. The number of aromatic carboxylic acids is 1. The predicted molar refractivity (Wildman–Crippen MR) is 57.0 cm³/mol. The summed E-state index contributed by atoms with van der Waals surface area (Å²) in [6.07, 6.45) is 1.73. The van der Waals surface area contributed by atoms with E-state index in [1.54, 1.807) is 6.20 Å². The number of pyridine rings is 1. The van der Waals surface area contributed by atoms with Crippen LogP contribution in [0.15, 0.2) is 23.7 Å². The predicted octanol–water partition coefficient (Wildman–Crippen LogP) is 2.21. The molecule has 2 heterocycles. The van der Waals surface area contributed by atoms with E-state index in [9.17, 15) is 4.79 Å². The van der Waals surface area contributed by atoms with Crippen molar-refractivity contribution in [2.24, 2.45) is 0 Å². The maximum Gasteiger partial charge on any atom is 0.355 e. The molecule has 0 fully saturated rings. The second-order valence-corrected chi connectivity index (χ2v) is 3.92. The van der Waals surface area contributed by atoms with Gasteiger partial charge in [-0.3, -0.25) is 4.98 Å². The van der Waals surface area contributed by atoms with E-state index in [1.807, 2.05) is 19.1 Å². The van der Waals surface area contributed by atoms with E-state index in [1.165, 1.54) is 16.7 Å². The first-order chi connectivity index (χ1) is 7.16. The van der Waals surface area contributed by atoms with Crippen molar-refractivity contribution in [3.05, 3.63) is 35.0 Å². The molecule has 0 spiro atoms. The molecule has 0 aliphatic heterocycles. The molecule has 15 heavy (non-hydrogen) atoms. The molecule has 2 aromatic rings. The molecule has 1 N–H and O–H groups in total. The molecule has 0 amide bonds. The molecule has 0 saturated heterocycles. The highest BCUT2D eigenvalue weighted by molar-refractivity contribution is 7.13. The summed E-state index contributed by atoms with van der Waals surface area (Å²) < 4.78 is 0. The molecule has 0 bridgehead atoms. The number of carboxylic acids is 1. The van der Waals surface area contributed by atoms with Crippen LogP contribution < -0.4 is 0 Å². The maximum absolute atomic E-state index is 10.6. The average molecular weight is 220 g/mol. The van der Waals surface area contributed by atoms with Crippen molar-refractivity contribution >= 4 is 17.3 Å². The first-order valence-electron chi connectivity index (χ1n) is 4.28. The van der Waals surface area contributed by atoms with E-state index in [0.717, 1.165) is 5.56 Å². The van der Waals surface area contributed by atoms with Crippen molar-refractivity contribution < 1.29 is 9.90 Å². The number of carbonyl (C=O) groups is 1. The van der Waals surface area contributed by atoms with Crippen LogP contribution in [0.5, 0.6) is 0 Å². The molecule has 2 rings (SSSR count). The smallest absolute Gasteiger partial charge is 0.355 e. The number of hydrogen-bond donors (Lipinski definition) is 1. The Balaban J connectivity index is 2.37. The van der Waals surface area contributed by atoms with Crippen molar-refractivity contribution in [2.45, 2.75) is 6.92 Å². The zero-order valence-electron chi connectivity index (χ0n) is 7.97. The lowest BCUT2D eigenvalue weighted by Gasteiger charge is -1.95. The largest absolute Gasteiger partial charge is 0.476 e. The summed E-state index contributed by atoms with van der Waals surface area (Å²) in [5.74, 6) is -1.01. The topological polar surface area (TPSA) is 63.1 Å². The van der Waals surface area contributed by atoms with Crippen LogP contribution in [0.2, 0.25) is 0 Å². The molecule has 0 unspecified atom stereocenters. The summed E-state index contributed by atoms with van der Waals surface area (Å²) in [7, 11) is 0. The van der Waals surface area contributed by atoms with Gasteiger partial charge >= 0.3 is 5.97 Å². The molecule has 0 saturated carbocycles. The number of thiazole rings is 1. The third-order valence-corrected chi connectivity index (χ3v) is 2.72. The van der Waals surface area contributed by atoms with Crippen LogP contribution in [-0.2, 0) is 0 Å². The quantitative estimate of drug-likeness (QED) is 0.842. The van der Waals surface area contributed by atoms with Gasteiger partial charge in [0.1, 0.15) is 5.01 Å². The third kappa shape index (κ3) is 2.02. The fourth-order valence-corrected chi connectivity index (χ4v) is 1.85. The van der Waals surface area contributed by atoms with Crippen molar-refractivity contribution in [1.29, 1.82) is 0 Å². The first kappa shape index (κ1) is 9.79. The Morgan fingerprint density at radius 2 is 2.27 bits per heavy atom.